The van der Waals surface area contributed by atoms with Gasteiger partial charge < -0.3 is 35.0 Å². The SMILES string of the molecule is COC1OC(O)(CO)[C@@H](O)[C@H](O)[C@@H]1O. The molecule has 0 amide bonds. The Hall–Kier alpha value is -0.280. The molecule has 0 aromatic carbocycles. The Kier molecular flexibility index (Phi) is 3.43. The second-order valence-electron chi connectivity index (χ2n) is 3.15. The van der Waals surface area contributed by atoms with Gasteiger partial charge in [0, 0.05) is 7.11 Å². The van der Waals surface area contributed by atoms with Crippen molar-refractivity contribution in [3.05, 3.63) is 0 Å². The fraction of sp³-hybridized carbons (Fsp3) is 1.00. The van der Waals surface area contributed by atoms with Gasteiger partial charge >= 0.3 is 0 Å². The molecule has 0 aromatic rings. The van der Waals surface area contributed by atoms with Gasteiger partial charge in [0.1, 0.15) is 18.3 Å². The Morgan fingerprint density at radius 1 is 1.29 bits per heavy atom. The fourth-order valence-electron chi connectivity index (χ4n) is 1.27. The summed E-state index contributed by atoms with van der Waals surface area (Å²) in [5.74, 6) is -2.32. The first-order valence-electron chi connectivity index (χ1n) is 4.04. The molecule has 1 aliphatic rings. The van der Waals surface area contributed by atoms with E-state index in [4.69, 9.17) is 9.84 Å². The second kappa shape index (κ2) is 4.07. The molecule has 14 heavy (non-hydrogen) atoms. The predicted molar refractivity (Wildman–Crippen MR) is 41.9 cm³/mol. The van der Waals surface area contributed by atoms with Gasteiger partial charge in [-0.05, 0) is 0 Å². The monoisotopic (exact) mass is 210 g/mol. The number of ether oxygens (including phenoxy) is 2. The van der Waals surface area contributed by atoms with Crippen LogP contribution in [0.2, 0.25) is 0 Å². The molecule has 1 aliphatic heterocycles. The second-order valence-corrected chi connectivity index (χ2v) is 3.15. The van der Waals surface area contributed by atoms with Gasteiger partial charge in [-0.1, -0.05) is 0 Å². The third-order valence-electron chi connectivity index (χ3n) is 2.19. The molecule has 0 bridgehead atoms. The third-order valence-corrected chi connectivity index (χ3v) is 2.19. The fourth-order valence-corrected chi connectivity index (χ4v) is 1.27. The summed E-state index contributed by atoms with van der Waals surface area (Å²) in [6, 6.07) is 0. The minimum absolute atomic E-state index is 0.919. The molecule has 0 spiro atoms. The van der Waals surface area contributed by atoms with Crippen molar-refractivity contribution in [3.63, 3.8) is 0 Å². The van der Waals surface area contributed by atoms with E-state index in [-0.39, 0.29) is 0 Å². The van der Waals surface area contributed by atoms with Crippen LogP contribution in [0.15, 0.2) is 0 Å². The van der Waals surface area contributed by atoms with Crippen LogP contribution in [-0.2, 0) is 9.47 Å². The lowest BCUT2D eigenvalue weighted by atomic mass is 9.96. The van der Waals surface area contributed by atoms with Gasteiger partial charge in [0.2, 0.25) is 5.79 Å². The molecule has 0 saturated carbocycles. The molecule has 0 aliphatic carbocycles. The zero-order valence-electron chi connectivity index (χ0n) is 7.57. The molecule has 2 unspecified atom stereocenters. The van der Waals surface area contributed by atoms with Gasteiger partial charge in [0.05, 0.1) is 6.61 Å². The van der Waals surface area contributed by atoms with E-state index in [2.05, 4.69) is 4.74 Å². The van der Waals surface area contributed by atoms with E-state index in [1.54, 1.807) is 0 Å². The summed E-state index contributed by atoms with van der Waals surface area (Å²) < 4.78 is 9.30. The summed E-state index contributed by atoms with van der Waals surface area (Å²) in [6.07, 6.45) is -6.23. The summed E-state index contributed by atoms with van der Waals surface area (Å²) in [5, 5.41) is 46.1. The van der Waals surface area contributed by atoms with Crippen molar-refractivity contribution in [2.75, 3.05) is 13.7 Å². The third kappa shape index (κ3) is 1.75. The average Bonchev–Trinajstić information content (AvgIpc) is 2.20. The molecule has 7 nitrogen and oxygen atoms in total. The number of aliphatic hydroxyl groups is 5. The molecule has 7 heteroatoms. The molecule has 0 aromatic heterocycles. The summed E-state index contributed by atoms with van der Waals surface area (Å²) >= 11 is 0. The maximum Gasteiger partial charge on any atom is 0.221 e. The van der Waals surface area contributed by atoms with Crippen molar-refractivity contribution in [1.82, 2.24) is 0 Å². The van der Waals surface area contributed by atoms with Crippen molar-refractivity contribution >= 4 is 0 Å². The van der Waals surface area contributed by atoms with Gasteiger partial charge in [-0.15, -0.1) is 0 Å². The number of methoxy groups -OCH3 is 1. The highest BCUT2D eigenvalue weighted by molar-refractivity contribution is 4.93. The molecule has 0 radical (unpaired) electrons. The largest absolute Gasteiger partial charge is 0.391 e. The van der Waals surface area contributed by atoms with Crippen LogP contribution < -0.4 is 0 Å². The van der Waals surface area contributed by atoms with Gasteiger partial charge in [0.25, 0.3) is 0 Å². The van der Waals surface area contributed by atoms with E-state index < -0.39 is 37.0 Å². The van der Waals surface area contributed by atoms with Crippen molar-refractivity contribution < 1.29 is 35.0 Å². The Morgan fingerprint density at radius 3 is 2.29 bits per heavy atom. The first kappa shape index (κ1) is 11.8. The molecule has 1 saturated heterocycles. The summed E-state index contributed by atoms with van der Waals surface area (Å²) in [4.78, 5) is 0. The van der Waals surface area contributed by atoms with E-state index in [1.165, 1.54) is 7.11 Å². The van der Waals surface area contributed by atoms with Crippen LogP contribution in [0.4, 0.5) is 0 Å². The molecule has 1 rings (SSSR count). The van der Waals surface area contributed by atoms with Crippen LogP contribution >= 0.6 is 0 Å². The zero-order chi connectivity index (χ0) is 10.9. The Balaban J connectivity index is 2.84. The minimum Gasteiger partial charge on any atom is -0.391 e. The van der Waals surface area contributed by atoms with E-state index in [9.17, 15) is 20.4 Å². The van der Waals surface area contributed by atoms with Crippen molar-refractivity contribution in [1.29, 1.82) is 0 Å². The van der Waals surface area contributed by atoms with Crippen molar-refractivity contribution in [2.24, 2.45) is 0 Å². The normalized spacial score (nSPS) is 49.3. The van der Waals surface area contributed by atoms with Crippen molar-refractivity contribution in [3.8, 4) is 0 Å². The topological polar surface area (TPSA) is 120 Å². The molecular formula is C7H14O7. The van der Waals surface area contributed by atoms with Crippen LogP contribution in [0.1, 0.15) is 0 Å². The highest BCUT2D eigenvalue weighted by Gasteiger charge is 2.52. The van der Waals surface area contributed by atoms with E-state index in [0.29, 0.717) is 0 Å². The number of hydrogen-bond acceptors (Lipinski definition) is 7. The highest BCUT2D eigenvalue weighted by atomic mass is 16.8. The van der Waals surface area contributed by atoms with Crippen LogP contribution in [0.25, 0.3) is 0 Å². The van der Waals surface area contributed by atoms with E-state index >= 15 is 0 Å². The van der Waals surface area contributed by atoms with Crippen LogP contribution in [0.3, 0.4) is 0 Å². The molecule has 1 fully saturated rings. The molecular weight excluding hydrogens is 196 g/mol. The molecule has 84 valence electrons. The Bertz CT molecular complexity index is 196. The molecule has 1 heterocycles. The summed E-state index contributed by atoms with van der Waals surface area (Å²) in [7, 11) is 1.19. The summed E-state index contributed by atoms with van der Waals surface area (Å²) in [6.45, 7) is -0.919. The number of hydrogen-bond donors (Lipinski definition) is 5. The Morgan fingerprint density at radius 2 is 1.86 bits per heavy atom. The van der Waals surface area contributed by atoms with Gasteiger partial charge in [-0.25, -0.2) is 0 Å². The van der Waals surface area contributed by atoms with Gasteiger partial charge in [-0.3, -0.25) is 0 Å². The van der Waals surface area contributed by atoms with Gasteiger partial charge in [0.15, 0.2) is 6.29 Å². The lowest BCUT2D eigenvalue weighted by Gasteiger charge is -2.44. The first-order valence-corrected chi connectivity index (χ1v) is 4.04. The van der Waals surface area contributed by atoms with E-state index in [0.717, 1.165) is 0 Å². The smallest absolute Gasteiger partial charge is 0.221 e. The zero-order valence-corrected chi connectivity index (χ0v) is 7.57. The van der Waals surface area contributed by atoms with Crippen LogP contribution in [0.5, 0.6) is 0 Å². The quantitative estimate of drug-likeness (QED) is 0.325. The van der Waals surface area contributed by atoms with Crippen molar-refractivity contribution in [2.45, 2.75) is 30.4 Å². The standard InChI is InChI=1S/C7H14O7/c1-13-6-4(10)3(9)5(11)7(12,2-8)14-6/h3-6,8-12H,2H2,1H3/t3-,4+,5+,6?,7?/m1/s1. The Labute approximate surface area is 80.1 Å². The molecule has 5 atom stereocenters. The summed E-state index contributed by atoms with van der Waals surface area (Å²) in [5.41, 5.74) is 0. The maximum atomic E-state index is 9.46. The van der Waals surface area contributed by atoms with Crippen LogP contribution in [0, 0.1) is 0 Å². The average molecular weight is 210 g/mol. The lowest BCUT2D eigenvalue weighted by molar-refractivity contribution is -0.393. The predicted octanol–water partition coefficient (Wildman–Crippen LogP) is -3.25. The number of rotatable bonds is 2. The minimum atomic E-state index is -2.32. The number of aliphatic hydroxyl groups excluding tert-OH is 4. The van der Waals surface area contributed by atoms with E-state index in [1.807, 2.05) is 0 Å². The first-order chi connectivity index (χ1) is 6.46. The van der Waals surface area contributed by atoms with Gasteiger partial charge in [-0.2, -0.15) is 0 Å². The lowest BCUT2D eigenvalue weighted by Crippen LogP contribution is -2.66. The van der Waals surface area contributed by atoms with Crippen LogP contribution in [-0.4, -0.2) is 69.6 Å². The highest BCUT2D eigenvalue weighted by Crippen LogP contribution is 2.27. The molecule has 5 N–H and O–H groups in total. The maximum absolute atomic E-state index is 9.46.